The molecule has 1 fully saturated rings. The van der Waals surface area contributed by atoms with E-state index in [1.807, 2.05) is 6.92 Å². The van der Waals surface area contributed by atoms with Gasteiger partial charge < -0.3 is 10.6 Å². The zero-order valence-corrected chi connectivity index (χ0v) is 9.31. The van der Waals surface area contributed by atoms with Crippen LogP contribution in [0.5, 0.6) is 0 Å². The molecule has 1 saturated heterocycles. The lowest BCUT2D eigenvalue weighted by atomic mass is 10.2. The van der Waals surface area contributed by atoms with E-state index in [9.17, 15) is 0 Å². The Morgan fingerprint density at radius 1 is 1.38 bits per heavy atom. The summed E-state index contributed by atoms with van der Waals surface area (Å²) in [5, 5.41) is 0. The van der Waals surface area contributed by atoms with Crippen LogP contribution in [0, 0.1) is 0 Å². The Kier molecular flexibility index (Phi) is 4.09. The molecule has 76 valence electrons. The first-order valence-electron chi connectivity index (χ1n) is 4.83. The van der Waals surface area contributed by atoms with Crippen LogP contribution in [0.15, 0.2) is 0 Å². The number of nitrogens with two attached hydrogens (primary N) is 1. The number of thiocarbonyl (C=S) groups is 1. The summed E-state index contributed by atoms with van der Waals surface area (Å²) in [5.74, 6) is 0. The quantitative estimate of drug-likeness (QED) is 0.651. The lowest BCUT2D eigenvalue weighted by molar-refractivity contribution is 0.177. The normalized spacial score (nSPS) is 21.6. The predicted octanol–water partition coefficient (Wildman–Crippen LogP) is 0.298. The fraction of sp³-hybridized carbons (Fsp3) is 0.889. The highest BCUT2D eigenvalue weighted by molar-refractivity contribution is 7.80. The molecule has 0 aliphatic carbocycles. The van der Waals surface area contributed by atoms with E-state index >= 15 is 0 Å². The molecule has 0 radical (unpaired) electrons. The van der Waals surface area contributed by atoms with Gasteiger partial charge in [-0.25, -0.2) is 0 Å². The van der Waals surface area contributed by atoms with Crippen molar-refractivity contribution in [1.29, 1.82) is 0 Å². The van der Waals surface area contributed by atoms with Gasteiger partial charge in [0.25, 0.3) is 0 Å². The third-order valence-electron chi connectivity index (χ3n) is 2.36. The van der Waals surface area contributed by atoms with E-state index in [1.54, 1.807) is 0 Å². The van der Waals surface area contributed by atoms with Crippen LogP contribution in [-0.2, 0) is 0 Å². The van der Waals surface area contributed by atoms with E-state index in [1.165, 1.54) is 0 Å². The van der Waals surface area contributed by atoms with Gasteiger partial charge >= 0.3 is 0 Å². The van der Waals surface area contributed by atoms with E-state index in [-0.39, 0.29) is 6.04 Å². The minimum absolute atomic E-state index is 0.278. The molecule has 1 unspecified atom stereocenters. The maximum absolute atomic E-state index is 5.74. The Labute approximate surface area is 85.9 Å². The number of hydrogen-bond donors (Lipinski definition) is 1. The maximum atomic E-state index is 5.74. The molecule has 0 saturated carbocycles. The zero-order chi connectivity index (χ0) is 9.84. The van der Waals surface area contributed by atoms with Gasteiger partial charge in [0.2, 0.25) is 0 Å². The summed E-state index contributed by atoms with van der Waals surface area (Å²) >= 11 is 5.12. The molecular formula is C9H19N3S. The molecule has 13 heavy (non-hydrogen) atoms. The summed E-state index contributed by atoms with van der Waals surface area (Å²) in [6.45, 7) is 9.35. The molecule has 4 heteroatoms. The monoisotopic (exact) mass is 201 g/mol. The molecule has 0 bridgehead atoms. The molecule has 1 atom stereocenters. The molecule has 1 aliphatic rings. The van der Waals surface area contributed by atoms with Gasteiger partial charge in [-0.3, -0.25) is 4.90 Å². The Bertz CT molecular complexity index is 174. The fourth-order valence-electron chi connectivity index (χ4n) is 1.65. The largest absolute Gasteiger partial charge is 0.364 e. The molecule has 1 rings (SSSR count). The molecular weight excluding hydrogens is 182 g/mol. The van der Waals surface area contributed by atoms with Crippen molar-refractivity contribution in [3.63, 3.8) is 0 Å². The van der Waals surface area contributed by atoms with Crippen molar-refractivity contribution < 1.29 is 0 Å². The zero-order valence-electron chi connectivity index (χ0n) is 8.49. The van der Waals surface area contributed by atoms with Crippen molar-refractivity contribution >= 4 is 17.2 Å². The van der Waals surface area contributed by atoms with Crippen LogP contribution in [0.3, 0.4) is 0 Å². The predicted molar refractivity (Wildman–Crippen MR) is 59.9 cm³/mol. The maximum Gasteiger partial charge on any atom is 0.0748 e. The highest BCUT2D eigenvalue weighted by atomic mass is 32.1. The van der Waals surface area contributed by atoms with E-state index in [4.69, 9.17) is 18.0 Å². The lowest BCUT2D eigenvalue weighted by Gasteiger charge is -2.36. The van der Waals surface area contributed by atoms with Crippen molar-refractivity contribution in [2.75, 3.05) is 32.7 Å². The van der Waals surface area contributed by atoms with E-state index in [0.717, 1.165) is 37.7 Å². The van der Waals surface area contributed by atoms with Crippen molar-refractivity contribution in [2.45, 2.75) is 19.9 Å². The second kappa shape index (κ2) is 4.88. The van der Waals surface area contributed by atoms with Crippen LogP contribution >= 0.6 is 12.2 Å². The van der Waals surface area contributed by atoms with Crippen LogP contribution in [0.2, 0.25) is 0 Å². The SMILES string of the molecule is CC(=S)N1CCN(CC(C)N)CC1. The lowest BCUT2D eigenvalue weighted by Crippen LogP contribution is -2.50. The Hall–Kier alpha value is -0.190. The standard InChI is InChI=1S/C9H19N3S/c1-8(10)7-11-3-5-12(6-4-11)9(2)13/h8H,3-7,10H2,1-2H3. The molecule has 0 amide bonds. The van der Waals surface area contributed by atoms with Crippen LogP contribution in [0.4, 0.5) is 0 Å². The minimum Gasteiger partial charge on any atom is -0.364 e. The average Bonchev–Trinajstić information content (AvgIpc) is 2.04. The van der Waals surface area contributed by atoms with Crippen LogP contribution in [0.25, 0.3) is 0 Å². The Balaban J connectivity index is 2.26. The number of rotatable bonds is 2. The van der Waals surface area contributed by atoms with Crippen molar-refractivity contribution in [2.24, 2.45) is 5.73 Å². The molecule has 3 nitrogen and oxygen atoms in total. The molecule has 0 spiro atoms. The molecule has 1 heterocycles. The van der Waals surface area contributed by atoms with Crippen molar-refractivity contribution in [3.8, 4) is 0 Å². The summed E-state index contributed by atoms with van der Waals surface area (Å²) in [7, 11) is 0. The minimum atomic E-state index is 0.278. The Morgan fingerprint density at radius 3 is 2.31 bits per heavy atom. The number of hydrogen-bond acceptors (Lipinski definition) is 3. The summed E-state index contributed by atoms with van der Waals surface area (Å²) in [4.78, 5) is 5.67. The number of nitrogens with zero attached hydrogens (tertiary/aromatic N) is 2. The highest BCUT2D eigenvalue weighted by Gasteiger charge is 2.17. The first-order chi connectivity index (χ1) is 6.09. The molecule has 1 aliphatic heterocycles. The smallest absolute Gasteiger partial charge is 0.0748 e. The summed E-state index contributed by atoms with van der Waals surface area (Å²) in [5.41, 5.74) is 5.74. The summed E-state index contributed by atoms with van der Waals surface area (Å²) in [6.07, 6.45) is 0. The topological polar surface area (TPSA) is 32.5 Å². The molecule has 0 aromatic heterocycles. The van der Waals surface area contributed by atoms with Gasteiger partial charge in [-0.05, 0) is 13.8 Å². The van der Waals surface area contributed by atoms with Gasteiger partial charge in [-0.1, -0.05) is 12.2 Å². The van der Waals surface area contributed by atoms with E-state index < -0.39 is 0 Å². The van der Waals surface area contributed by atoms with Crippen molar-refractivity contribution in [3.05, 3.63) is 0 Å². The van der Waals surface area contributed by atoms with Gasteiger partial charge in [-0.2, -0.15) is 0 Å². The molecule has 0 aromatic carbocycles. The highest BCUT2D eigenvalue weighted by Crippen LogP contribution is 2.02. The third kappa shape index (κ3) is 3.58. The Morgan fingerprint density at radius 2 is 1.92 bits per heavy atom. The summed E-state index contributed by atoms with van der Waals surface area (Å²) in [6, 6.07) is 0.278. The average molecular weight is 201 g/mol. The van der Waals surface area contributed by atoms with Crippen molar-refractivity contribution in [1.82, 2.24) is 9.80 Å². The van der Waals surface area contributed by atoms with Gasteiger partial charge in [0.05, 0.1) is 4.99 Å². The first-order valence-corrected chi connectivity index (χ1v) is 5.24. The molecule has 2 N–H and O–H groups in total. The number of piperazine rings is 1. The third-order valence-corrected chi connectivity index (χ3v) is 2.62. The first kappa shape index (κ1) is 10.9. The molecule has 0 aromatic rings. The fourth-order valence-corrected chi connectivity index (χ4v) is 1.84. The van der Waals surface area contributed by atoms with Gasteiger partial charge in [0.15, 0.2) is 0 Å². The second-order valence-electron chi connectivity index (χ2n) is 3.78. The van der Waals surface area contributed by atoms with Gasteiger partial charge in [0, 0.05) is 38.8 Å². The van der Waals surface area contributed by atoms with Crippen LogP contribution in [-0.4, -0.2) is 53.6 Å². The van der Waals surface area contributed by atoms with E-state index in [2.05, 4.69) is 16.7 Å². The van der Waals surface area contributed by atoms with Gasteiger partial charge in [-0.15, -0.1) is 0 Å². The van der Waals surface area contributed by atoms with Gasteiger partial charge in [0.1, 0.15) is 0 Å². The second-order valence-corrected chi connectivity index (χ2v) is 4.37. The van der Waals surface area contributed by atoms with Crippen LogP contribution < -0.4 is 5.73 Å². The van der Waals surface area contributed by atoms with E-state index in [0.29, 0.717) is 0 Å². The summed E-state index contributed by atoms with van der Waals surface area (Å²) < 4.78 is 0. The van der Waals surface area contributed by atoms with Crippen LogP contribution in [0.1, 0.15) is 13.8 Å².